The van der Waals surface area contributed by atoms with Crippen LogP contribution in [0.5, 0.6) is 0 Å². The number of hydrogen-bond donors (Lipinski definition) is 2. The molecule has 0 aliphatic heterocycles. The average Bonchev–Trinajstić information content (AvgIpc) is 2.37. The standard InChI is InChI=1S/C14H20F4N2O/c1-4-21-13(8(2)3)12(20-19)9-5-6-10(11(15)7-9)14(16,17)18/h5-8,12-13,20H,4,19H2,1-3H3. The number of alkyl halides is 3. The topological polar surface area (TPSA) is 47.3 Å². The van der Waals surface area contributed by atoms with Crippen LogP contribution in [0.25, 0.3) is 0 Å². The van der Waals surface area contributed by atoms with Gasteiger partial charge in [0.2, 0.25) is 0 Å². The van der Waals surface area contributed by atoms with Crippen molar-refractivity contribution in [3.8, 4) is 0 Å². The first-order valence-electron chi connectivity index (χ1n) is 6.66. The Balaban J connectivity index is 3.14. The lowest BCUT2D eigenvalue weighted by molar-refractivity contribution is -0.140. The van der Waals surface area contributed by atoms with Crippen LogP contribution in [0.3, 0.4) is 0 Å². The number of benzene rings is 1. The minimum Gasteiger partial charge on any atom is -0.376 e. The molecule has 0 bridgehead atoms. The second-order valence-electron chi connectivity index (χ2n) is 5.05. The first kappa shape index (κ1) is 17.9. The lowest BCUT2D eigenvalue weighted by atomic mass is 9.93. The summed E-state index contributed by atoms with van der Waals surface area (Å²) in [5.41, 5.74) is 1.52. The van der Waals surface area contributed by atoms with Gasteiger partial charge in [-0.2, -0.15) is 13.2 Å². The van der Waals surface area contributed by atoms with Crippen LogP contribution in [0.1, 0.15) is 37.9 Å². The maximum Gasteiger partial charge on any atom is 0.419 e. The fourth-order valence-corrected chi connectivity index (χ4v) is 2.20. The third kappa shape index (κ3) is 4.39. The maximum atomic E-state index is 13.7. The number of ether oxygens (including phenoxy) is 1. The van der Waals surface area contributed by atoms with Gasteiger partial charge in [-0.05, 0) is 30.5 Å². The quantitative estimate of drug-likeness (QED) is 0.481. The molecule has 0 amide bonds. The SMILES string of the molecule is CCOC(C(C)C)C(NN)c1ccc(C(F)(F)F)c(F)c1. The number of nitrogens with one attached hydrogen (secondary N) is 1. The summed E-state index contributed by atoms with van der Waals surface area (Å²) >= 11 is 0. The molecule has 2 unspecified atom stereocenters. The Hall–Kier alpha value is -1.18. The molecule has 21 heavy (non-hydrogen) atoms. The van der Waals surface area contributed by atoms with Crippen molar-refractivity contribution in [2.45, 2.75) is 39.1 Å². The predicted molar refractivity (Wildman–Crippen MR) is 71.7 cm³/mol. The van der Waals surface area contributed by atoms with Crippen molar-refractivity contribution < 1.29 is 22.3 Å². The van der Waals surface area contributed by atoms with Gasteiger partial charge in [-0.1, -0.05) is 19.9 Å². The average molecular weight is 308 g/mol. The van der Waals surface area contributed by atoms with Gasteiger partial charge in [0.15, 0.2) is 0 Å². The molecule has 1 rings (SSSR count). The zero-order valence-corrected chi connectivity index (χ0v) is 12.2. The van der Waals surface area contributed by atoms with E-state index >= 15 is 0 Å². The highest BCUT2D eigenvalue weighted by Gasteiger charge is 2.35. The summed E-state index contributed by atoms with van der Waals surface area (Å²) in [6.45, 7) is 6.01. The van der Waals surface area contributed by atoms with Crippen molar-refractivity contribution in [2.24, 2.45) is 11.8 Å². The van der Waals surface area contributed by atoms with Gasteiger partial charge < -0.3 is 4.74 Å². The number of halogens is 4. The van der Waals surface area contributed by atoms with Gasteiger partial charge >= 0.3 is 6.18 Å². The summed E-state index contributed by atoms with van der Waals surface area (Å²) < 4.78 is 56.9. The third-order valence-electron chi connectivity index (χ3n) is 3.18. The predicted octanol–water partition coefficient (Wildman–Crippen LogP) is 3.41. The van der Waals surface area contributed by atoms with Crippen molar-refractivity contribution in [3.63, 3.8) is 0 Å². The van der Waals surface area contributed by atoms with Crippen LogP contribution in [-0.2, 0) is 10.9 Å². The van der Waals surface area contributed by atoms with Crippen molar-refractivity contribution in [1.82, 2.24) is 5.43 Å². The van der Waals surface area contributed by atoms with E-state index in [2.05, 4.69) is 5.43 Å². The van der Waals surface area contributed by atoms with E-state index in [0.29, 0.717) is 12.2 Å². The lowest BCUT2D eigenvalue weighted by Crippen LogP contribution is -2.40. The molecule has 0 fully saturated rings. The van der Waals surface area contributed by atoms with Crippen LogP contribution in [0.2, 0.25) is 0 Å². The summed E-state index contributed by atoms with van der Waals surface area (Å²) in [6.07, 6.45) is -5.10. The maximum absolute atomic E-state index is 13.7. The van der Waals surface area contributed by atoms with Crippen LogP contribution in [0.15, 0.2) is 18.2 Å². The second kappa shape index (κ2) is 7.20. The van der Waals surface area contributed by atoms with Gasteiger partial charge in [0.1, 0.15) is 5.82 Å². The van der Waals surface area contributed by atoms with Crippen molar-refractivity contribution in [3.05, 3.63) is 35.1 Å². The molecule has 3 nitrogen and oxygen atoms in total. The molecule has 1 aromatic rings. The number of rotatable bonds is 6. The molecular weight excluding hydrogens is 288 g/mol. The number of nitrogens with two attached hydrogens (primary N) is 1. The Morgan fingerprint density at radius 3 is 2.29 bits per heavy atom. The molecular formula is C14H20F4N2O. The van der Waals surface area contributed by atoms with E-state index in [1.807, 2.05) is 13.8 Å². The Morgan fingerprint density at radius 1 is 1.29 bits per heavy atom. The summed E-state index contributed by atoms with van der Waals surface area (Å²) in [5, 5.41) is 0. The van der Waals surface area contributed by atoms with Gasteiger partial charge in [-0.15, -0.1) is 0 Å². The van der Waals surface area contributed by atoms with E-state index in [1.54, 1.807) is 6.92 Å². The minimum atomic E-state index is -4.72. The molecule has 0 saturated heterocycles. The smallest absolute Gasteiger partial charge is 0.376 e. The molecule has 0 radical (unpaired) electrons. The van der Waals surface area contributed by atoms with E-state index in [1.165, 1.54) is 6.07 Å². The first-order chi connectivity index (χ1) is 9.72. The van der Waals surface area contributed by atoms with Crippen LogP contribution < -0.4 is 11.3 Å². The second-order valence-corrected chi connectivity index (χ2v) is 5.05. The van der Waals surface area contributed by atoms with Gasteiger partial charge in [0.25, 0.3) is 0 Å². The van der Waals surface area contributed by atoms with E-state index in [-0.39, 0.29) is 12.0 Å². The minimum absolute atomic E-state index is 0.0522. The third-order valence-corrected chi connectivity index (χ3v) is 3.18. The molecule has 0 aliphatic carbocycles. The summed E-state index contributed by atoms with van der Waals surface area (Å²) in [7, 11) is 0. The zero-order valence-electron chi connectivity index (χ0n) is 12.2. The monoisotopic (exact) mass is 308 g/mol. The first-order valence-corrected chi connectivity index (χ1v) is 6.66. The Bertz CT molecular complexity index is 463. The summed E-state index contributed by atoms with van der Waals surface area (Å²) in [6, 6.07) is 2.19. The highest BCUT2D eigenvalue weighted by Crippen LogP contribution is 2.33. The fourth-order valence-electron chi connectivity index (χ4n) is 2.20. The molecule has 120 valence electrons. The normalized spacial score (nSPS) is 15.3. The van der Waals surface area contributed by atoms with E-state index in [4.69, 9.17) is 10.6 Å². The zero-order chi connectivity index (χ0) is 16.2. The molecule has 1 aromatic carbocycles. The molecule has 2 atom stereocenters. The molecule has 0 aromatic heterocycles. The molecule has 7 heteroatoms. The largest absolute Gasteiger partial charge is 0.419 e. The Labute approximate surface area is 121 Å². The molecule has 3 N–H and O–H groups in total. The summed E-state index contributed by atoms with van der Waals surface area (Å²) in [4.78, 5) is 0. The molecule has 0 heterocycles. The Kier molecular flexibility index (Phi) is 6.12. The van der Waals surface area contributed by atoms with Crippen molar-refractivity contribution in [2.75, 3.05) is 6.61 Å². The number of hydrogen-bond acceptors (Lipinski definition) is 3. The van der Waals surface area contributed by atoms with Crippen molar-refractivity contribution in [1.29, 1.82) is 0 Å². The van der Waals surface area contributed by atoms with Gasteiger partial charge in [0.05, 0.1) is 17.7 Å². The van der Waals surface area contributed by atoms with Crippen LogP contribution in [-0.4, -0.2) is 12.7 Å². The highest BCUT2D eigenvalue weighted by molar-refractivity contribution is 5.29. The lowest BCUT2D eigenvalue weighted by Gasteiger charge is -2.30. The van der Waals surface area contributed by atoms with E-state index < -0.39 is 23.6 Å². The van der Waals surface area contributed by atoms with E-state index in [9.17, 15) is 17.6 Å². The van der Waals surface area contributed by atoms with Gasteiger partial charge in [-0.3, -0.25) is 11.3 Å². The highest BCUT2D eigenvalue weighted by atomic mass is 19.4. The van der Waals surface area contributed by atoms with E-state index in [0.717, 1.165) is 12.1 Å². The van der Waals surface area contributed by atoms with Crippen molar-refractivity contribution >= 4 is 0 Å². The molecule has 0 saturated carbocycles. The Morgan fingerprint density at radius 2 is 1.90 bits per heavy atom. The van der Waals surface area contributed by atoms with Gasteiger partial charge in [-0.25, -0.2) is 4.39 Å². The van der Waals surface area contributed by atoms with Crippen LogP contribution >= 0.6 is 0 Å². The van der Waals surface area contributed by atoms with Crippen LogP contribution in [0.4, 0.5) is 17.6 Å². The molecule has 0 spiro atoms. The summed E-state index contributed by atoms with van der Waals surface area (Å²) in [5.74, 6) is 4.21. The molecule has 0 aliphatic rings. The fraction of sp³-hybridized carbons (Fsp3) is 0.571. The van der Waals surface area contributed by atoms with Gasteiger partial charge in [0, 0.05) is 6.61 Å². The number of hydrazine groups is 1. The van der Waals surface area contributed by atoms with Crippen LogP contribution in [0, 0.1) is 11.7 Å².